The standard InChI is InChI=1S/C10H7ClF6N2O/c11-5-1-2-7(6(3-5)10(15,16)17)19-8(20)18-4-9(12,13)14/h1-3H,4H2,(H2,18,19,20). The van der Waals surface area contributed by atoms with E-state index in [0.717, 1.165) is 12.1 Å². The van der Waals surface area contributed by atoms with E-state index < -0.39 is 36.2 Å². The topological polar surface area (TPSA) is 41.1 Å². The Kier molecular flexibility index (Phi) is 4.74. The zero-order valence-electron chi connectivity index (χ0n) is 9.49. The van der Waals surface area contributed by atoms with Gasteiger partial charge in [-0.3, -0.25) is 0 Å². The predicted molar refractivity (Wildman–Crippen MR) is 59.5 cm³/mol. The maximum atomic E-state index is 12.6. The summed E-state index contributed by atoms with van der Waals surface area (Å²) in [6.45, 7) is -1.66. The summed E-state index contributed by atoms with van der Waals surface area (Å²) in [5, 5.41) is 2.85. The van der Waals surface area contributed by atoms with Gasteiger partial charge in [-0.15, -0.1) is 0 Å². The van der Waals surface area contributed by atoms with Gasteiger partial charge in [0.2, 0.25) is 0 Å². The predicted octanol–water partition coefficient (Wildman–Crippen LogP) is 4.04. The van der Waals surface area contributed by atoms with Gasteiger partial charge in [0, 0.05) is 5.02 Å². The second-order valence-corrected chi connectivity index (χ2v) is 4.05. The first-order valence-corrected chi connectivity index (χ1v) is 5.35. The molecule has 1 aromatic rings. The van der Waals surface area contributed by atoms with Crippen molar-refractivity contribution in [3.63, 3.8) is 0 Å². The lowest BCUT2D eigenvalue weighted by Crippen LogP contribution is -2.37. The van der Waals surface area contributed by atoms with E-state index in [1.807, 2.05) is 0 Å². The molecule has 3 nitrogen and oxygen atoms in total. The first-order valence-electron chi connectivity index (χ1n) is 4.97. The molecule has 0 aliphatic heterocycles. The highest BCUT2D eigenvalue weighted by Crippen LogP contribution is 2.36. The quantitative estimate of drug-likeness (QED) is 0.793. The Labute approximate surface area is 113 Å². The van der Waals surface area contributed by atoms with Gasteiger partial charge >= 0.3 is 18.4 Å². The van der Waals surface area contributed by atoms with Crippen LogP contribution in [0.3, 0.4) is 0 Å². The lowest BCUT2D eigenvalue weighted by Gasteiger charge is -2.15. The van der Waals surface area contributed by atoms with Crippen LogP contribution in [0.15, 0.2) is 18.2 Å². The molecule has 0 atom stereocenters. The van der Waals surface area contributed by atoms with Crippen molar-refractivity contribution < 1.29 is 31.1 Å². The van der Waals surface area contributed by atoms with E-state index in [4.69, 9.17) is 11.6 Å². The molecule has 10 heteroatoms. The van der Waals surface area contributed by atoms with E-state index in [-0.39, 0.29) is 5.02 Å². The van der Waals surface area contributed by atoms with Crippen LogP contribution in [0.4, 0.5) is 36.8 Å². The van der Waals surface area contributed by atoms with E-state index in [1.165, 1.54) is 5.32 Å². The Hall–Kier alpha value is -1.64. The van der Waals surface area contributed by atoms with Crippen LogP contribution in [0.5, 0.6) is 0 Å². The Morgan fingerprint density at radius 3 is 2.25 bits per heavy atom. The van der Waals surface area contributed by atoms with Crippen molar-refractivity contribution in [1.82, 2.24) is 5.32 Å². The summed E-state index contributed by atoms with van der Waals surface area (Å²) in [6, 6.07) is 1.06. The van der Waals surface area contributed by atoms with Crippen LogP contribution < -0.4 is 10.6 Å². The Morgan fingerprint density at radius 2 is 1.75 bits per heavy atom. The van der Waals surface area contributed by atoms with Gasteiger partial charge in [0.1, 0.15) is 6.54 Å². The highest BCUT2D eigenvalue weighted by molar-refractivity contribution is 6.30. The summed E-state index contributed by atoms with van der Waals surface area (Å²) in [5.74, 6) is 0. The third kappa shape index (κ3) is 5.16. The number of halogens is 7. The van der Waals surface area contributed by atoms with Crippen molar-refractivity contribution in [3.05, 3.63) is 28.8 Å². The molecule has 0 spiro atoms. The minimum absolute atomic E-state index is 0.224. The van der Waals surface area contributed by atoms with Crippen LogP contribution in [-0.4, -0.2) is 18.8 Å². The Bertz CT molecular complexity index is 500. The second-order valence-electron chi connectivity index (χ2n) is 3.61. The molecular formula is C10H7ClF6N2O. The molecule has 0 fully saturated rings. The molecule has 0 aromatic heterocycles. The molecule has 0 aliphatic rings. The summed E-state index contributed by atoms with van der Waals surface area (Å²) >= 11 is 5.40. The highest BCUT2D eigenvalue weighted by atomic mass is 35.5. The molecule has 1 rings (SSSR count). The zero-order valence-corrected chi connectivity index (χ0v) is 10.2. The molecule has 112 valence electrons. The second kappa shape index (κ2) is 5.78. The SMILES string of the molecule is O=C(NCC(F)(F)F)Nc1ccc(Cl)cc1C(F)(F)F. The third-order valence-electron chi connectivity index (χ3n) is 1.98. The number of amides is 2. The molecule has 1 aromatic carbocycles. The largest absolute Gasteiger partial charge is 0.418 e. The molecule has 2 amide bonds. The van der Waals surface area contributed by atoms with Crippen molar-refractivity contribution in [1.29, 1.82) is 0 Å². The van der Waals surface area contributed by atoms with Crippen LogP contribution in [-0.2, 0) is 6.18 Å². The molecule has 0 saturated carbocycles. The number of carbonyl (C=O) groups is 1. The van der Waals surface area contributed by atoms with Crippen LogP contribution in [0.25, 0.3) is 0 Å². The summed E-state index contributed by atoms with van der Waals surface area (Å²) < 4.78 is 73.4. The minimum atomic E-state index is -4.81. The Balaban J connectivity index is 2.85. The van der Waals surface area contributed by atoms with Gasteiger partial charge in [-0.05, 0) is 18.2 Å². The van der Waals surface area contributed by atoms with Gasteiger partial charge in [0.05, 0.1) is 11.3 Å². The summed E-state index contributed by atoms with van der Waals surface area (Å²) in [6.07, 6.45) is -9.47. The molecule has 0 heterocycles. The molecule has 0 radical (unpaired) electrons. The van der Waals surface area contributed by atoms with Gasteiger partial charge in [-0.2, -0.15) is 26.3 Å². The molecule has 0 bridgehead atoms. The van der Waals surface area contributed by atoms with Crippen molar-refractivity contribution in [2.45, 2.75) is 12.4 Å². The van der Waals surface area contributed by atoms with E-state index in [1.54, 1.807) is 5.32 Å². The summed E-state index contributed by atoms with van der Waals surface area (Å²) in [7, 11) is 0. The van der Waals surface area contributed by atoms with Crippen molar-refractivity contribution in [2.75, 3.05) is 11.9 Å². The third-order valence-corrected chi connectivity index (χ3v) is 2.22. The van der Waals surface area contributed by atoms with E-state index in [9.17, 15) is 31.1 Å². The Morgan fingerprint density at radius 1 is 1.15 bits per heavy atom. The molecule has 20 heavy (non-hydrogen) atoms. The van der Waals surface area contributed by atoms with Crippen molar-refractivity contribution >= 4 is 23.3 Å². The number of hydrogen-bond acceptors (Lipinski definition) is 1. The molecule has 0 unspecified atom stereocenters. The number of carbonyl (C=O) groups excluding carboxylic acids is 1. The van der Waals surface area contributed by atoms with E-state index >= 15 is 0 Å². The van der Waals surface area contributed by atoms with Gasteiger partial charge in [0.15, 0.2) is 0 Å². The van der Waals surface area contributed by atoms with Crippen molar-refractivity contribution in [2.24, 2.45) is 0 Å². The fourth-order valence-electron chi connectivity index (χ4n) is 1.21. The number of anilines is 1. The van der Waals surface area contributed by atoms with Gasteiger partial charge in [0.25, 0.3) is 0 Å². The van der Waals surface area contributed by atoms with Crippen LogP contribution in [0, 0.1) is 0 Å². The fraction of sp³-hybridized carbons (Fsp3) is 0.300. The molecule has 2 N–H and O–H groups in total. The lowest BCUT2D eigenvalue weighted by atomic mass is 10.1. The number of nitrogens with one attached hydrogen (secondary N) is 2. The number of hydrogen-bond donors (Lipinski definition) is 2. The average molecular weight is 321 g/mol. The van der Waals surface area contributed by atoms with Crippen LogP contribution >= 0.6 is 11.6 Å². The van der Waals surface area contributed by atoms with Crippen LogP contribution in [0.2, 0.25) is 5.02 Å². The van der Waals surface area contributed by atoms with Crippen LogP contribution in [0.1, 0.15) is 5.56 Å². The molecule has 0 aliphatic carbocycles. The minimum Gasteiger partial charge on any atom is -0.329 e. The molecular weight excluding hydrogens is 314 g/mol. The summed E-state index contributed by atoms with van der Waals surface area (Å²) in [4.78, 5) is 11.1. The number of alkyl halides is 6. The number of rotatable bonds is 2. The van der Waals surface area contributed by atoms with Gasteiger partial charge in [-0.25, -0.2) is 4.79 Å². The van der Waals surface area contributed by atoms with Gasteiger partial charge in [-0.1, -0.05) is 11.6 Å². The first kappa shape index (κ1) is 16.4. The lowest BCUT2D eigenvalue weighted by molar-refractivity contribution is -0.137. The smallest absolute Gasteiger partial charge is 0.329 e. The maximum Gasteiger partial charge on any atom is 0.418 e. The first-order chi connectivity index (χ1) is 8.99. The van der Waals surface area contributed by atoms with E-state index in [0.29, 0.717) is 6.07 Å². The number of urea groups is 1. The van der Waals surface area contributed by atoms with Crippen molar-refractivity contribution in [3.8, 4) is 0 Å². The monoisotopic (exact) mass is 320 g/mol. The van der Waals surface area contributed by atoms with E-state index in [2.05, 4.69) is 0 Å². The fourth-order valence-corrected chi connectivity index (χ4v) is 1.38. The maximum absolute atomic E-state index is 12.6. The molecule has 0 saturated heterocycles. The average Bonchev–Trinajstić information content (AvgIpc) is 2.26. The summed E-state index contributed by atoms with van der Waals surface area (Å²) in [5.41, 5.74) is -1.95. The zero-order chi connectivity index (χ0) is 15.6. The highest BCUT2D eigenvalue weighted by Gasteiger charge is 2.34. The number of benzene rings is 1. The normalized spacial score (nSPS) is 12.2. The van der Waals surface area contributed by atoms with Gasteiger partial charge < -0.3 is 10.6 Å².